The number of para-hydroxylation sites is 1. The first-order valence-electron chi connectivity index (χ1n) is 9.36. The van der Waals surface area contributed by atoms with Crippen LogP contribution in [0.1, 0.15) is 30.6 Å². The van der Waals surface area contributed by atoms with Gasteiger partial charge in [-0.15, -0.1) is 0 Å². The fraction of sp³-hybridized carbons (Fsp3) is 0.450. The van der Waals surface area contributed by atoms with Crippen molar-refractivity contribution in [2.24, 2.45) is 5.92 Å². The first-order chi connectivity index (χ1) is 13.7. The molecule has 1 amide bonds. The van der Waals surface area contributed by atoms with Gasteiger partial charge in [0.15, 0.2) is 16.4 Å². The molecule has 1 aromatic heterocycles. The van der Waals surface area contributed by atoms with Gasteiger partial charge in [0.05, 0.1) is 11.5 Å². The molecule has 1 aliphatic heterocycles. The van der Waals surface area contributed by atoms with Crippen molar-refractivity contribution in [1.29, 1.82) is 0 Å². The lowest BCUT2D eigenvalue weighted by Gasteiger charge is -2.29. The monoisotopic (exact) mass is 421 g/mol. The number of nitrogens with zero attached hydrogens (tertiary/aromatic N) is 1. The van der Waals surface area contributed by atoms with Gasteiger partial charge in [-0.2, -0.15) is 0 Å². The predicted octanol–water partition coefficient (Wildman–Crippen LogP) is 1.62. The van der Waals surface area contributed by atoms with Crippen LogP contribution in [0.15, 0.2) is 39.5 Å². The number of carbonyl (C=O) groups excluding carboxylic acids is 2. The van der Waals surface area contributed by atoms with Crippen LogP contribution in [0.2, 0.25) is 0 Å². The van der Waals surface area contributed by atoms with Crippen LogP contribution in [-0.4, -0.2) is 55.9 Å². The number of carbonyl (C=O) groups is 2. The summed E-state index contributed by atoms with van der Waals surface area (Å²) in [6.45, 7) is 3.61. The van der Waals surface area contributed by atoms with E-state index in [4.69, 9.17) is 9.15 Å². The second kappa shape index (κ2) is 8.36. The molecule has 2 aromatic rings. The van der Waals surface area contributed by atoms with Gasteiger partial charge in [0.25, 0.3) is 5.91 Å². The maximum Gasteiger partial charge on any atom is 0.351 e. The number of esters is 1. The number of sulfone groups is 1. The Bertz CT molecular complexity index is 1090. The molecule has 1 atom stereocenters. The maximum absolute atomic E-state index is 12.7. The zero-order valence-corrected chi connectivity index (χ0v) is 17.1. The van der Waals surface area contributed by atoms with Crippen LogP contribution in [0.3, 0.4) is 0 Å². The van der Waals surface area contributed by atoms with Crippen LogP contribution in [-0.2, 0) is 19.4 Å². The average molecular weight is 421 g/mol. The average Bonchev–Trinajstić information content (AvgIpc) is 3.02. The summed E-state index contributed by atoms with van der Waals surface area (Å²) in [5, 5.41) is 0.558. The summed E-state index contributed by atoms with van der Waals surface area (Å²) in [6, 6.07) is 7.66. The highest BCUT2D eigenvalue weighted by atomic mass is 32.2. The molecule has 9 heteroatoms. The third-order valence-electron chi connectivity index (χ3n) is 4.72. The number of amides is 1. The molecule has 29 heavy (non-hydrogen) atoms. The number of benzene rings is 1. The summed E-state index contributed by atoms with van der Waals surface area (Å²) in [5.74, 6) is -1.38. The zero-order valence-electron chi connectivity index (χ0n) is 16.3. The molecule has 156 valence electrons. The van der Waals surface area contributed by atoms with Gasteiger partial charge < -0.3 is 14.1 Å². The molecule has 0 radical (unpaired) electrons. The van der Waals surface area contributed by atoms with E-state index >= 15 is 0 Å². The predicted molar refractivity (Wildman–Crippen MR) is 106 cm³/mol. The van der Waals surface area contributed by atoms with Crippen LogP contribution in [0.5, 0.6) is 0 Å². The van der Waals surface area contributed by atoms with Gasteiger partial charge >= 0.3 is 11.6 Å². The van der Waals surface area contributed by atoms with Crippen molar-refractivity contribution in [1.82, 2.24) is 4.90 Å². The Labute approximate surface area is 168 Å². The SMILES string of the molecule is CC(C)CN(C(=O)COC(=O)c1cc2ccccc2oc1=O)[C@@H]1CCS(=O)(=O)C1. The number of hydrogen-bond acceptors (Lipinski definition) is 7. The Morgan fingerprint density at radius 1 is 1.28 bits per heavy atom. The van der Waals surface area contributed by atoms with Crippen LogP contribution in [0, 0.1) is 5.92 Å². The quantitative estimate of drug-likeness (QED) is 0.515. The highest BCUT2D eigenvalue weighted by Crippen LogP contribution is 2.19. The van der Waals surface area contributed by atoms with Crippen LogP contribution in [0.4, 0.5) is 0 Å². The first-order valence-corrected chi connectivity index (χ1v) is 11.2. The fourth-order valence-electron chi connectivity index (χ4n) is 3.36. The molecule has 1 aromatic carbocycles. The van der Waals surface area contributed by atoms with E-state index in [-0.39, 0.29) is 23.0 Å². The highest BCUT2D eigenvalue weighted by Gasteiger charge is 2.35. The summed E-state index contributed by atoms with van der Waals surface area (Å²) in [5.41, 5.74) is -0.798. The summed E-state index contributed by atoms with van der Waals surface area (Å²) in [6.07, 6.45) is 0.364. The van der Waals surface area contributed by atoms with Crippen molar-refractivity contribution in [3.63, 3.8) is 0 Å². The Kier molecular flexibility index (Phi) is 6.07. The van der Waals surface area contributed by atoms with Crippen LogP contribution >= 0.6 is 0 Å². The van der Waals surface area contributed by atoms with Crippen molar-refractivity contribution in [3.8, 4) is 0 Å². The minimum Gasteiger partial charge on any atom is -0.452 e. The standard InChI is InChI=1S/C20H23NO7S/c1-13(2)10-21(15-7-8-29(25,26)12-15)18(22)11-27-19(23)16-9-14-5-3-4-6-17(14)28-20(16)24/h3-6,9,13,15H,7-8,10-12H2,1-2H3/t15-/m1/s1. The summed E-state index contributed by atoms with van der Waals surface area (Å²) in [7, 11) is -3.17. The van der Waals surface area contributed by atoms with E-state index in [1.54, 1.807) is 24.3 Å². The van der Waals surface area contributed by atoms with Gasteiger partial charge in [-0.05, 0) is 24.5 Å². The number of hydrogen-bond donors (Lipinski definition) is 0. The van der Waals surface area contributed by atoms with Gasteiger partial charge in [-0.25, -0.2) is 18.0 Å². The second-order valence-corrected chi connectivity index (χ2v) is 9.79. The lowest BCUT2D eigenvalue weighted by molar-refractivity contribution is -0.137. The van der Waals surface area contributed by atoms with Crippen LogP contribution in [0.25, 0.3) is 11.0 Å². The summed E-state index contributed by atoms with van der Waals surface area (Å²) < 4.78 is 33.7. The molecule has 8 nitrogen and oxygen atoms in total. The van der Waals surface area contributed by atoms with Crippen LogP contribution < -0.4 is 5.63 Å². The minimum absolute atomic E-state index is 0.0392. The Hall–Kier alpha value is -2.68. The molecule has 0 saturated carbocycles. The Balaban J connectivity index is 1.71. The van der Waals surface area contributed by atoms with Gasteiger partial charge in [0.2, 0.25) is 0 Å². The van der Waals surface area contributed by atoms with Gasteiger partial charge in [0.1, 0.15) is 11.1 Å². The molecule has 0 aliphatic carbocycles. The molecular formula is C20H23NO7S. The molecule has 0 bridgehead atoms. The van der Waals surface area contributed by atoms with Gasteiger partial charge in [-0.1, -0.05) is 32.0 Å². The third kappa shape index (κ3) is 5.03. The Morgan fingerprint density at radius 3 is 2.66 bits per heavy atom. The van der Waals surface area contributed by atoms with E-state index in [0.717, 1.165) is 0 Å². The molecule has 3 rings (SSSR count). The van der Waals surface area contributed by atoms with E-state index in [1.165, 1.54) is 11.0 Å². The van der Waals surface area contributed by atoms with E-state index < -0.39 is 40.0 Å². The van der Waals surface area contributed by atoms with E-state index in [1.807, 2.05) is 13.8 Å². The molecule has 0 spiro atoms. The molecule has 1 aliphatic rings. The largest absolute Gasteiger partial charge is 0.452 e. The van der Waals surface area contributed by atoms with E-state index in [2.05, 4.69) is 0 Å². The van der Waals surface area contributed by atoms with Crippen molar-refractivity contribution >= 4 is 32.7 Å². The van der Waals surface area contributed by atoms with Crippen molar-refractivity contribution in [2.75, 3.05) is 24.7 Å². The van der Waals surface area contributed by atoms with E-state index in [9.17, 15) is 22.8 Å². The van der Waals surface area contributed by atoms with Crippen molar-refractivity contribution in [2.45, 2.75) is 26.3 Å². The summed E-state index contributed by atoms with van der Waals surface area (Å²) >= 11 is 0. The normalized spacial score (nSPS) is 18.1. The fourth-order valence-corrected chi connectivity index (χ4v) is 5.09. The third-order valence-corrected chi connectivity index (χ3v) is 6.47. The molecule has 2 heterocycles. The topological polar surface area (TPSA) is 111 Å². The Morgan fingerprint density at radius 2 is 2.00 bits per heavy atom. The number of ether oxygens (including phenoxy) is 1. The van der Waals surface area contributed by atoms with E-state index in [0.29, 0.717) is 23.9 Å². The molecule has 0 unspecified atom stereocenters. The minimum atomic E-state index is -3.17. The van der Waals surface area contributed by atoms with Gasteiger partial charge in [-0.3, -0.25) is 4.79 Å². The highest BCUT2D eigenvalue weighted by molar-refractivity contribution is 7.91. The second-order valence-electron chi connectivity index (χ2n) is 7.56. The maximum atomic E-state index is 12.7. The molecule has 0 N–H and O–H groups in total. The lowest BCUT2D eigenvalue weighted by Crippen LogP contribution is -2.45. The number of rotatable bonds is 6. The first kappa shape index (κ1) is 21.0. The van der Waals surface area contributed by atoms with Crippen molar-refractivity contribution < 1.29 is 27.2 Å². The van der Waals surface area contributed by atoms with Crippen molar-refractivity contribution in [3.05, 3.63) is 46.3 Å². The lowest BCUT2D eigenvalue weighted by atomic mass is 10.1. The summed E-state index contributed by atoms with van der Waals surface area (Å²) in [4.78, 5) is 38.5. The number of fused-ring (bicyclic) bond motifs is 1. The van der Waals surface area contributed by atoms with Gasteiger partial charge in [0, 0.05) is 18.0 Å². The molecule has 1 fully saturated rings. The molecular weight excluding hydrogens is 398 g/mol. The smallest absolute Gasteiger partial charge is 0.351 e. The molecule has 1 saturated heterocycles. The zero-order chi connectivity index (χ0) is 21.2.